The van der Waals surface area contributed by atoms with Gasteiger partial charge in [-0.15, -0.1) is 22.7 Å². The van der Waals surface area contributed by atoms with Gasteiger partial charge in [-0.3, -0.25) is 9.69 Å². The molecule has 1 amide bonds. The molecule has 1 saturated heterocycles. The number of thiophene rings is 2. The van der Waals surface area contributed by atoms with Crippen molar-refractivity contribution in [3.05, 3.63) is 44.3 Å². The van der Waals surface area contributed by atoms with Crippen LogP contribution in [-0.2, 0) is 21.1 Å². The molecule has 0 N–H and O–H groups in total. The third-order valence-corrected chi connectivity index (χ3v) is 9.04. The van der Waals surface area contributed by atoms with Gasteiger partial charge in [0, 0.05) is 29.4 Å². The van der Waals surface area contributed by atoms with Gasteiger partial charge in [-0.2, -0.15) is 0 Å². The van der Waals surface area contributed by atoms with Crippen LogP contribution in [0.2, 0.25) is 0 Å². The molecule has 2 aliphatic heterocycles. The summed E-state index contributed by atoms with van der Waals surface area (Å²) in [6.45, 7) is 1.17. The first-order valence-corrected chi connectivity index (χ1v) is 12.3. The molecule has 5 nitrogen and oxygen atoms in total. The Balaban J connectivity index is 1.52. The maximum Gasteiger partial charge on any atom is 0.236 e. The SMILES string of the molecule is CN(C(=O)CN1CCc2sccc2[C@@H]1c1cccs1)[C@H]1CCS(=O)(=O)C1. The second-order valence-electron chi connectivity index (χ2n) is 7.00. The summed E-state index contributed by atoms with van der Waals surface area (Å²) in [5.41, 5.74) is 1.31. The van der Waals surface area contributed by atoms with Gasteiger partial charge in [-0.1, -0.05) is 6.07 Å². The quantitative estimate of drug-likeness (QED) is 0.777. The van der Waals surface area contributed by atoms with Crippen LogP contribution >= 0.6 is 22.7 Å². The van der Waals surface area contributed by atoms with Crippen molar-refractivity contribution in [2.45, 2.75) is 24.9 Å². The van der Waals surface area contributed by atoms with Crippen LogP contribution in [0.25, 0.3) is 0 Å². The van der Waals surface area contributed by atoms with Crippen LogP contribution in [0.4, 0.5) is 0 Å². The molecule has 2 aromatic heterocycles. The Kier molecular flexibility index (Phi) is 4.94. The Morgan fingerprint density at radius 2 is 2.15 bits per heavy atom. The molecule has 0 spiro atoms. The van der Waals surface area contributed by atoms with E-state index in [0.717, 1.165) is 13.0 Å². The molecule has 140 valence electrons. The van der Waals surface area contributed by atoms with Gasteiger partial charge in [0.25, 0.3) is 0 Å². The van der Waals surface area contributed by atoms with Gasteiger partial charge in [0.15, 0.2) is 9.84 Å². The van der Waals surface area contributed by atoms with Crippen LogP contribution in [0.5, 0.6) is 0 Å². The third kappa shape index (κ3) is 3.47. The molecule has 2 aliphatic rings. The van der Waals surface area contributed by atoms with Crippen molar-refractivity contribution >= 4 is 38.4 Å². The fraction of sp³-hybridized carbons (Fsp3) is 0.500. The molecule has 0 unspecified atom stereocenters. The van der Waals surface area contributed by atoms with E-state index in [9.17, 15) is 13.2 Å². The Morgan fingerprint density at radius 3 is 2.85 bits per heavy atom. The van der Waals surface area contributed by atoms with E-state index in [1.165, 1.54) is 15.3 Å². The average Bonchev–Trinajstić information content (AvgIpc) is 3.33. The molecule has 0 aromatic carbocycles. The summed E-state index contributed by atoms with van der Waals surface area (Å²) in [5.74, 6) is 0.292. The smallest absolute Gasteiger partial charge is 0.236 e. The van der Waals surface area contributed by atoms with E-state index >= 15 is 0 Å². The van der Waals surface area contributed by atoms with E-state index in [0.29, 0.717) is 13.0 Å². The van der Waals surface area contributed by atoms with E-state index in [1.54, 1.807) is 34.6 Å². The molecule has 0 aliphatic carbocycles. The number of carbonyl (C=O) groups excluding carboxylic acids is 1. The van der Waals surface area contributed by atoms with E-state index in [1.807, 2.05) is 0 Å². The van der Waals surface area contributed by atoms with Crippen LogP contribution in [0, 0.1) is 0 Å². The number of sulfone groups is 1. The predicted octanol–water partition coefficient (Wildman–Crippen LogP) is 2.40. The Hall–Kier alpha value is -1.22. The first kappa shape index (κ1) is 18.2. The molecule has 8 heteroatoms. The van der Waals surface area contributed by atoms with E-state index < -0.39 is 9.84 Å². The van der Waals surface area contributed by atoms with Crippen LogP contribution in [0.15, 0.2) is 29.0 Å². The normalized spacial score (nSPS) is 25.1. The van der Waals surface area contributed by atoms with Gasteiger partial charge in [0.1, 0.15) is 0 Å². The standard InChI is InChI=1S/C18H22N2O3S3/c1-19(13-6-10-26(22,23)12-13)17(21)11-20-7-4-15-14(5-9-25-15)18(20)16-3-2-8-24-16/h2-3,5,8-9,13,18H,4,6-7,10-12H2,1H3/t13-,18+/m0/s1. The predicted molar refractivity (Wildman–Crippen MR) is 106 cm³/mol. The molecule has 0 radical (unpaired) electrons. The van der Waals surface area contributed by atoms with E-state index in [4.69, 9.17) is 0 Å². The van der Waals surface area contributed by atoms with Gasteiger partial charge >= 0.3 is 0 Å². The number of carbonyl (C=O) groups is 1. The second kappa shape index (κ2) is 7.07. The maximum atomic E-state index is 12.9. The minimum Gasteiger partial charge on any atom is -0.341 e. The summed E-state index contributed by atoms with van der Waals surface area (Å²) in [5, 5.41) is 4.21. The number of rotatable bonds is 4. The summed E-state index contributed by atoms with van der Waals surface area (Å²) < 4.78 is 23.5. The maximum absolute atomic E-state index is 12.9. The molecule has 4 heterocycles. The van der Waals surface area contributed by atoms with Crippen LogP contribution in [-0.4, -0.2) is 61.8 Å². The summed E-state index contributed by atoms with van der Waals surface area (Å²) >= 11 is 3.51. The number of amides is 1. The number of nitrogens with zero attached hydrogens (tertiary/aromatic N) is 2. The molecule has 2 aromatic rings. The Morgan fingerprint density at radius 1 is 1.31 bits per heavy atom. The highest BCUT2D eigenvalue weighted by Crippen LogP contribution is 2.39. The lowest BCUT2D eigenvalue weighted by molar-refractivity contribution is -0.133. The zero-order valence-electron chi connectivity index (χ0n) is 14.6. The highest BCUT2D eigenvalue weighted by atomic mass is 32.2. The van der Waals surface area contributed by atoms with Crippen molar-refractivity contribution < 1.29 is 13.2 Å². The summed E-state index contributed by atoms with van der Waals surface area (Å²) in [4.78, 5) is 19.4. The van der Waals surface area contributed by atoms with Crippen molar-refractivity contribution in [2.75, 3.05) is 31.6 Å². The molecule has 0 bridgehead atoms. The highest BCUT2D eigenvalue weighted by Gasteiger charge is 2.35. The molecule has 26 heavy (non-hydrogen) atoms. The zero-order valence-corrected chi connectivity index (χ0v) is 17.1. The van der Waals surface area contributed by atoms with Crippen molar-refractivity contribution in [1.29, 1.82) is 0 Å². The monoisotopic (exact) mass is 410 g/mol. The van der Waals surface area contributed by atoms with Crippen molar-refractivity contribution in [3.63, 3.8) is 0 Å². The van der Waals surface area contributed by atoms with Crippen LogP contribution in [0.3, 0.4) is 0 Å². The topological polar surface area (TPSA) is 57.7 Å². The largest absolute Gasteiger partial charge is 0.341 e. The number of likely N-dealkylation sites (N-methyl/N-ethyl adjacent to an activating group) is 1. The fourth-order valence-electron chi connectivity index (χ4n) is 3.89. The highest BCUT2D eigenvalue weighted by molar-refractivity contribution is 7.91. The van der Waals surface area contributed by atoms with Crippen LogP contribution in [0.1, 0.15) is 27.8 Å². The fourth-order valence-corrected chi connectivity index (χ4v) is 7.44. The Labute approximate surface area is 162 Å². The van der Waals surface area contributed by atoms with Gasteiger partial charge < -0.3 is 4.90 Å². The zero-order chi connectivity index (χ0) is 18.3. The molecular formula is C18H22N2O3S3. The number of fused-ring (bicyclic) bond motifs is 1. The Bertz CT molecular complexity index is 889. The molecule has 1 fully saturated rings. The molecule has 4 rings (SSSR count). The van der Waals surface area contributed by atoms with Crippen molar-refractivity contribution in [1.82, 2.24) is 9.80 Å². The number of hydrogen-bond donors (Lipinski definition) is 0. The third-order valence-electron chi connectivity index (χ3n) is 5.37. The van der Waals surface area contributed by atoms with Gasteiger partial charge in [0.05, 0.1) is 24.1 Å². The van der Waals surface area contributed by atoms with Crippen molar-refractivity contribution in [2.24, 2.45) is 0 Å². The molecule has 2 atom stereocenters. The van der Waals surface area contributed by atoms with Gasteiger partial charge in [-0.25, -0.2) is 8.42 Å². The summed E-state index contributed by atoms with van der Waals surface area (Å²) in [6.07, 6.45) is 1.51. The lowest BCUT2D eigenvalue weighted by atomic mass is 9.98. The van der Waals surface area contributed by atoms with E-state index in [2.05, 4.69) is 33.9 Å². The minimum absolute atomic E-state index is 0.00679. The van der Waals surface area contributed by atoms with Gasteiger partial charge in [0.2, 0.25) is 5.91 Å². The van der Waals surface area contributed by atoms with Gasteiger partial charge in [-0.05, 0) is 41.3 Å². The summed E-state index contributed by atoms with van der Waals surface area (Å²) in [7, 11) is -1.25. The molecular weight excluding hydrogens is 388 g/mol. The first-order chi connectivity index (χ1) is 12.4. The first-order valence-electron chi connectivity index (χ1n) is 8.74. The number of hydrogen-bond acceptors (Lipinski definition) is 6. The van der Waals surface area contributed by atoms with E-state index in [-0.39, 0.29) is 29.5 Å². The lowest BCUT2D eigenvalue weighted by Gasteiger charge is -2.36. The summed E-state index contributed by atoms with van der Waals surface area (Å²) in [6, 6.07) is 6.29. The van der Waals surface area contributed by atoms with Crippen LogP contribution < -0.4 is 0 Å². The minimum atomic E-state index is -2.99. The second-order valence-corrected chi connectivity index (χ2v) is 11.2. The average molecular weight is 411 g/mol. The van der Waals surface area contributed by atoms with Crippen molar-refractivity contribution in [3.8, 4) is 0 Å². The molecule has 0 saturated carbocycles. The lowest BCUT2D eigenvalue weighted by Crippen LogP contribution is -2.46.